The molecular formula is C18H38IN3O3. The van der Waals surface area contributed by atoms with Crippen LogP contribution in [0.25, 0.3) is 0 Å². The molecule has 150 valence electrons. The molecule has 1 aliphatic carbocycles. The zero-order chi connectivity index (χ0) is 17.3. The highest BCUT2D eigenvalue weighted by Crippen LogP contribution is 2.19. The summed E-state index contributed by atoms with van der Waals surface area (Å²) in [4.78, 5) is 4.56. The van der Waals surface area contributed by atoms with Crippen LogP contribution in [0, 0.1) is 0 Å². The molecule has 1 rings (SSSR count). The molecule has 0 aromatic carbocycles. The van der Waals surface area contributed by atoms with Crippen LogP contribution in [0.2, 0.25) is 0 Å². The van der Waals surface area contributed by atoms with Crippen molar-refractivity contribution in [2.45, 2.75) is 58.0 Å². The summed E-state index contributed by atoms with van der Waals surface area (Å²) in [5, 5.41) is 6.60. The van der Waals surface area contributed by atoms with E-state index < -0.39 is 0 Å². The van der Waals surface area contributed by atoms with Crippen LogP contribution in [-0.2, 0) is 14.2 Å². The van der Waals surface area contributed by atoms with Gasteiger partial charge in [-0.15, -0.1) is 24.0 Å². The van der Waals surface area contributed by atoms with Crippen molar-refractivity contribution in [3.63, 3.8) is 0 Å². The van der Waals surface area contributed by atoms with Gasteiger partial charge in [0, 0.05) is 33.4 Å². The van der Waals surface area contributed by atoms with E-state index in [4.69, 9.17) is 14.2 Å². The Kier molecular flexibility index (Phi) is 18.6. The number of aliphatic imine (C=N–C) groups is 1. The molecule has 0 heterocycles. The average Bonchev–Trinajstić information content (AvgIpc) is 2.86. The highest BCUT2D eigenvalue weighted by Gasteiger charge is 2.11. The molecule has 0 bridgehead atoms. The SMILES string of the molecule is CCNC(=NCCCOCCOC)NCCOC1CCCCCC1.I. The molecule has 0 aromatic rings. The summed E-state index contributed by atoms with van der Waals surface area (Å²) in [5.74, 6) is 0.860. The van der Waals surface area contributed by atoms with E-state index in [0.29, 0.717) is 19.3 Å². The number of hydrogen-bond donors (Lipinski definition) is 2. The Morgan fingerprint density at radius 2 is 1.76 bits per heavy atom. The Bertz CT molecular complexity index is 312. The van der Waals surface area contributed by atoms with Gasteiger partial charge in [0.15, 0.2) is 5.96 Å². The molecule has 0 radical (unpaired) electrons. The average molecular weight is 471 g/mol. The van der Waals surface area contributed by atoms with Crippen LogP contribution < -0.4 is 10.6 Å². The third-order valence-corrected chi connectivity index (χ3v) is 4.04. The van der Waals surface area contributed by atoms with E-state index in [-0.39, 0.29) is 24.0 Å². The van der Waals surface area contributed by atoms with Gasteiger partial charge in [-0.05, 0) is 26.2 Å². The summed E-state index contributed by atoms with van der Waals surface area (Å²) in [5.41, 5.74) is 0. The lowest BCUT2D eigenvalue weighted by molar-refractivity contribution is 0.0468. The standard InChI is InChI=1S/C18H37N3O3.HI/c1-3-19-18(20-11-8-13-23-16-15-22-2)21-12-14-24-17-9-6-4-5-7-10-17;/h17H,3-16H2,1-2H3,(H2,19,20,21);1H. The van der Waals surface area contributed by atoms with Crippen molar-refractivity contribution in [2.24, 2.45) is 4.99 Å². The lowest BCUT2D eigenvalue weighted by Gasteiger charge is -2.16. The summed E-state index contributed by atoms with van der Waals surface area (Å²) >= 11 is 0. The lowest BCUT2D eigenvalue weighted by Crippen LogP contribution is -2.39. The zero-order valence-electron chi connectivity index (χ0n) is 16.1. The van der Waals surface area contributed by atoms with Crippen molar-refractivity contribution in [1.29, 1.82) is 0 Å². The number of methoxy groups -OCH3 is 1. The van der Waals surface area contributed by atoms with Crippen molar-refractivity contribution in [3.05, 3.63) is 0 Å². The van der Waals surface area contributed by atoms with E-state index in [1.54, 1.807) is 7.11 Å². The van der Waals surface area contributed by atoms with Crippen molar-refractivity contribution in [2.75, 3.05) is 53.2 Å². The first-order valence-corrected chi connectivity index (χ1v) is 9.57. The molecule has 0 unspecified atom stereocenters. The number of nitrogens with zero attached hydrogens (tertiary/aromatic N) is 1. The van der Waals surface area contributed by atoms with E-state index in [1.165, 1.54) is 38.5 Å². The second-order valence-electron chi connectivity index (χ2n) is 6.13. The van der Waals surface area contributed by atoms with Gasteiger partial charge in [-0.25, -0.2) is 0 Å². The second-order valence-corrected chi connectivity index (χ2v) is 6.13. The Morgan fingerprint density at radius 3 is 2.44 bits per heavy atom. The fourth-order valence-electron chi connectivity index (χ4n) is 2.75. The van der Waals surface area contributed by atoms with Gasteiger partial charge < -0.3 is 24.8 Å². The van der Waals surface area contributed by atoms with Gasteiger partial charge in [-0.3, -0.25) is 4.99 Å². The van der Waals surface area contributed by atoms with E-state index in [9.17, 15) is 0 Å². The summed E-state index contributed by atoms with van der Waals surface area (Å²) in [6.45, 7) is 7.25. The number of ether oxygens (including phenoxy) is 3. The normalized spacial score (nSPS) is 16.2. The predicted molar refractivity (Wildman–Crippen MR) is 114 cm³/mol. The fourth-order valence-corrected chi connectivity index (χ4v) is 2.75. The van der Waals surface area contributed by atoms with Crippen LogP contribution in [0.3, 0.4) is 0 Å². The molecule has 0 amide bonds. The Balaban J connectivity index is 0.00000576. The highest BCUT2D eigenvalue weighted by atomic mass is 127. The number of guanidine groups is 1. The number of rotatable bonds is 12. The van der Waals surface area contributed by atoms with Crippen LogP contribution >= 0.6 is 24.0 Å². The molecule has 7 heteroatoms. The summed E-state index contributed by atoms with van der Waals surface area (Å²) in [7, 11) is 1.68. The molecule has 1 fully saturated rings. The smallest absolute Gasteiger partial charge is 0.191 e. The topological polar surface area (TPSA) is 64.1 Å². The van der Waals surface area contributed by atoms with Crippen LogP contribution in [0.4, 0.5) is 0 Å². The number of nitrogens with one attached hydrogen (secondary N) is 2. The van der Waals surface area contributed by atoms with Gasteiger partial charge in [0.1, 0.15) is 0 Å². The fraction of sp³-hybridized carbons (Fsp3) is 0.944. The minimum Gasteiger partial charge on any atom is -0.382 e. The van der Waals surface area contributed by atoms with Gasteiger partial charge in [-0.2, -0.15) is 0 Å². The van der Waals surface area contributed by atoms with Crippen LogP contribution in [0.5, 0.6) is 0 Å². The summed E-state index contributed by atoms with van der Waals surface area (Å²) in [6, 6.07) is 0. The van der Waals surface area contributed by atoms with E-state index in [1.807, 2.05) is 0 Å². The Morgan fingerprint density at radius 1 is 1.00 bits per heavy atom. The number of halogens is 1. The van der Waals surface area contributed by atoms with Gasteiger partial charge in [0.2, 0.25) is 0 Å². The van der Waals surface area contributed by atoms with Gasteiger partial charge in [0.05, 0.1) is 25.9 Å². The van der Waals surface area contributed by atoms with E-state index >= 15 is 0 Å². The maximum atomic E-state index is 5.99. The molecule has 0 spiro atoms. The zero-order valence-corrected chi connectivity index (χ0v) is 18.4. The first kappa shape index (κ1) is 24.9. The number of hydrogen-bond acceptors (Lipinski definition) is 4. The molecule has 0 saturated heterocycles. The molecule has 1 aliphatic rings. The first-order valence-electron chi connectivity index (χ1n) is 9.57. The molecule has 6 nitrogen and oxygen atoms in total. The van der Waals surface area contributed by atoms with Gasteiger partial charge >= 0.3 is 0 Å². The van der Waals surface area contributed by atoms with Crippen molar-refractivity contribution < 1.29 is 14.2 Å². The van der Waals surface area contributed by atoms with Crippen LogP contribution in [0.1, 0.15) is 51.9 Å². The van der Waals surface area contributed by atoms with Crippen molar-refractivity contribution >= 4 is 29.9 Å². The summed E-state index contributed by atoms with van der Waals surface area (Å²) < 4.78 is 16.4. The van der Waals surface area contributed by atoms with Gasteiger partial charge in [-0.1, -0.05) is 25.7 Å². The molecule has 25 heavy (non-hydrogen) atoms. The molecule has 2 N–H and O–H groups in total. The van der Waals surface area contributed by atoms with E-state index in [0.717, 1.165) is 45.2 Å². The third-order valence-electron chi connectivity index (χ3n) is 4.04. The molecule has 1 saturated carbocycles. The highest BCUT2D eigenvalue weighted by molar-refractivity contribution is 14.0. The molecule has 0 aromatic heterocycles. The quantitative estimate of drug-likeness (QED) is 0.151. The monoisotopic (exact) mass is 471 g/mol. The van der Waals surface area contributed by atoms with Gasteiger partial charge in [0.25, 0.3) is 0 Å². The van der Waals surface area contributed by atoms with Crippen LogP contribution in [0.15, 0.2) is 4.99 Å². The largest absolute Gasteiger partial charge is 0.382 e. The van der Waals surface area contributed by atoms with Crippen LogP contribution in [-0.4, -0.2) is 65.2 Å². The Labute approximate surface area is 170 Å². The summed E-state index contributed by atoms with van der Waals surface area (Å²) in [6.07, 6.45) is 9.17. The first-order chi connectivity index (χ1) is 11.9. The Hall–Kier alpha value is -0.120. The van der Waals surface area contributed by atoms with E-state index in [2.05, 4.69) is 22.5 Å². The molecule has 0 atom stereocenters. The second kappa shape index (κ2) is 18.7. The van der Waals surface area contributed by atoms with Crippen molar-refractivity contribution in [1.82, 2.24) is 10.6 Å². The third kappa shape index (κ3) is 14.7. The molecule has 0 aliphatic heterocycles. The predicted octanol–water partition coefficient (Wildman–Crippen LogP) is 2.95. The molecular weight excluding hydrogens is 433 g/mol. The maximum absolute atomic E-state index is 5.99. The minimum atomic E-state index is 0. The lowest BCUT2D eigenvalue weighted by atomic mass is 10.1. The maximum Gasteiger partial charge on any atom is 0.191 e. The minimum absolute atomic E-state index is 0. The van der Waals surface area contributed by atoms with Crippen molar-refractivity contribution in [3.8, 4) is 0 Å².